The third-order valence-electron chi connectivity index (χ3n) is 1.17. The van der Waals surface area contributed by atoms with Crippen LogP contribution in [0.4, 0.5) is 0 Å². The molecule has 0 saturated heterocycles. The second-order valence-corrected chi connectivity index (χ2v) is 2.12. The molecule has 1 aromatic heterocycles. The quantitative estimate of drug-likeness (QED) is 0.460. The van der Waals surface area contributed by atoms with E-state index in [2.05, 4.69) is 6.58 Å². The molecule has 0 bridgehead atoms. The summed E-state index contributed by atoms with van der Waals surface area (Å²) in [7, 11) is 0. The summed E-state index contributed by atoms with van der Waals surface area (Å²) >= 11 is 0. The fourth-order valence-electron chi connectivity index (χ4n) is 0.640. The summed E-state index contributed by atoms with van der Waals surface area (Å²) in [6.45, 7) is 5.20. The van der Waals surface area contributed by atoms with Crippen molar-refractivity contribution in [3.63, 3.8) is 0 Å². The molecule has 2 heteroatoms. The van der Waals surface area contributed by atoms with Crippen LogP contribution in [0.25, 0.3) is 0 Å². The Labute approximate surface area is 59.2 Å². The zero-order valence-electron chi connectivity index (χ0n) is 5.76. The lowest BCUT2D eigenvalue weighted by Gasteiger charge is -1.90. The van der Waals surface area contributed by atoms with Gasteiger partial charge in [0.2, 0.25) is 0 Å². The van der Waals surface area contributed by atoms with Gasteiger partial charge in [-0.2, -0.15) is 0 Å². The van der Waals surface area contributed by atoms with Gasteiger partial charge in [0.05, 0.1) is 11.8 Å². The standard InChI is InChI=1S/C8H8O2/c1-6(2)8(9)7-3-4-10-5-7/h3-5H,1H2,2H3. The summed E-state index contributed by atoms with van der Waals surface area (Å²) in [6.07, 6.45) is 2.88. The molecule has 2 nitrogen and oxygen atoms in total. The molecular weight excluding hydrogens is 128 g/mol. The van der Waals surface area contributed by atoms with Crippen molar-refractivity contribution in [1.29, 1.82) is 0 Å². The Kier molecular flexibility index (Phi) is 1.71. The number of ketones is 1. The third-order valence-corrected chi connectivity index (χ3v) is 1.17. The van der Waals surface area contributed by atoms with E-state index in [4.69, 9.17) is 4.42 Å². The molecule has 52 valence electrons. The minimum Gasteiger partial charge on any atom is -0.472 e. The highest BCUT2D eigenvalue weighted by Gasteiger charge is 2.05. The van der Waals surface area contributed by atoms with Crippen molar-refractivity contribution >= 4 is 5.78 Å². The SMILES string of the molecule is C=C(C)C(=O)c1ccoc1. The first kappa shape index (κ1) is 6.81. The normalized spacial score (nSPS) is 9.30. The summed E-state index contributed by atoms with van der Waals surface area (Å²) < 4.78 is 4.72. The fourth-order valence-corrected chi connectivity index (χ4v) is 0.640. The first-order valence-electron chi connectivity index (χ1n) is 2.94. The zero-order valence-corrected chi connectivity index (χ0v) is 5.76. The predicted octanol–water partition coefficient (Wildman–Crippen LogP) is 2.04. The van der Waals surface area contributed by atoms with Crippen LogP contribution in [0.15, 0.2) is 35.2 Å². The number of carbonyl (C=O) groups is 1. The monoisotopic (exact) mass is 136 g/mol. The molecule has 0 aliphatic rings. The number of furan rings is 1. The minimum atomic E-state index is -0.0613. The van der Waals surface area contributed by atoms with Gasteiger partial charge in [0, 0.05) is 0 Å². The Morgan fingerprint density at radius 2 is 2.40 bits per heavy atom. The molecule has 0 aliphatic heterocycles. The van der Waals surface area contributed by atoms with E-state index >= 15 is 0 Å². The van der Waals surface area contributed by atoms with Crippen LogP contribution < -0.4 is 0 Å². The largest absolute Gasteiger partial charge is 0.472 e. The van der Waals surface area contributed by atoms with Gasteiger partial charge in [-0.3, -0.25) is 4.79 Å². The Balaban J connectivity index is 2.88. The van der Waals surface area contributed by atoms with E-state index < -0.39 is 0 Å². The van der Waals surface area contributed by atoms with E-state index in [1.165, 1.54) is 12.5 Å². The van der Waals surface area contributed by atoms with Crippen molar-refractivity contribution in [2.75, 3.05) is 0 Å². The second kappa shape index (κ2) is 2.52. The van der Waals surface area contributed by atoms with E-state index in [9.17, 15) is 4.79 Å². The summed E-state index contributed by atoms with van der Waals surface area (Å²) in [5, 5.41) is 0. The second-order valence-electron chi connectivity index (χ2n) is 2.12. The number of rotatable bonds is 2. The molecule has 0 aliphatic carbocycles. The number of allylic oxidation sites excluding steroid dienone is 1. The molecule has 0 amide bonds. The third kappa shape index (κ3) is 1.16. The highest BCUT2D eigenvalue weighted by Crippen LogP contribution is 2.05. The molecule has 0 fully saturated rings. The maximum atomic E-state index is 11.0. The van der Waals surface area contributed by atoms with Crippen molar-refractivity contribution in [3.05, 3.63) is 36.3 Å². The number of hydrogen-bond donors (Lipinski definition) is 0. The Morgan fingerprint density at radius 1 is 1.70 bits per heavy atom. The van der Waals surface area contributed by atoms with Crippen LogP contribution in [0.1, 0.15) is 17.3 Å². The molecule has 0 saturated carbocycles. The molecule has 0 N–H and O–H groups in total. The molecule has 1 heterocycles. The highest BCUT2D eigenvalue weighted by atomic mass is 16.3. The maximum absolute atomic E-state index is 11.0. The number of carbonyl (C=O) groups excluding carboxylic acids is 1. The Hall–Kier alpha value is -1.31. The minimum absolute atomic E-state index is 0.0613. The van der Waals surface area contributed by atoms with Crippen LogP contribution in [0.5, 0.6) is 0 Å². The summed E-state index contributed by atoms with van der Waals surface area (Å²) in [4.78, 5) is 11.0. The van der Waals surface area contributed by atoms with Gasteiger partial charge in [-0.15, -0.1) is 0 Å². The average Bonchev–Trinajstić information content (AvgIpc) is 2.36. The lowest BCUT2D eigenvalue weighted by molar-refractivity contribution is 0.103. The lowest BCUT2D eigenvalue weighted by Crippen LogP contribution is -1.96. The maximum Gasteiger partial charge on any atom is 0.191 e. The first-order chi connectivity index (χ1) is 4.72. The van der Waals surface area contributed by atoms with Crippen molar-refractivity contribution in [3.8, 4) is 0 Å². The van der Waals surface area contributed by atoms with Gasteiger partial charge in [-0.1, -0.05) is 6.58 Å². The van der Waals surface area contributed by atoms with Gasteiger partial charge >= 0.3 is 0 Å². The molecule has 0 aromatic carbocycles. The van der Waals surface area contributed by atoms with Gasteiger partial charge in [0.1, 0.15) is 6.26 Å². The summed E-state index contributed by atoms with van der Waals surface area (Å²) in [6, 6.07) is 1.62. The molecule has 0 atom stereocenters. The van der Waals surface area contributed by atoms with Gasteiger partial charge in [0.15, 0.2) is 5.78 Å². The van der Waals surface area contributed by atoms with E-state index in [0.717, 1.165) is 0 Å². The molecule has 10 heavy (non-hydrogen) atoms. The van der Waals surface area contributed by atoms with E-state index in [0.29, 0.717) is 11.1 Å². The average molecular weight is 136 g/mol. The fraction of sp³-hybridized carbons (Fsp3) is 0.125. The van der Waals surface area contributed by atoms with Crippen LogP contribution in [-0.2, 0) is 0 Å². The highest BCUT2D eigenvalue weighted by molar-refractivity contribution is 6.07. The lowest BCUT2D eigenvalue weighted by atomic mass is 10.1. The van der Waals surface area contributed by atoms with Crippen LogP contribution in [0.2, 0.25) is 0 Å². The zero-order chi connectivity index (χ0) is 7.56. The summed E-state index contributed by atoms with van der Waals surface area (Å²) in [5.41, 5.74) is 1.09. The Morgan fingerprint density at radius 3 is 2.80 bits per heavy atom. The van der Waals surface area contributed by atoms with Crippen molar-refractivity contribution < 1.29 is 9.21 Å². The van der Waals surface area contributed by atoms with Crippen molar-refractivity contribution in [2.24, 2.45) is 0 Å². The molecule has 0 unspecified atom stereocenters. The van der Waals surface area contributed by atoms with Crippen LogP contribution in [0, 0.1) is 0 Å². The van der Waals surface area contributed by atoms with Crippen LogP contribution in [-0.4, -0.2) is 5.78 Å². The van der Waals surface area contributed by atoms with Gasteiger partial charge in [-0.25, -0.2) is 0 Å². The molecule has 1 aromatic rings. The molecule has 0 spiro atoms. The molecule has 0 radical (unpaired) electrons. The smallest absolute Gasteiger partial charge is 0.191 e. The predicted molar refractivity (Wildman–Crippen MR) is 37.9 cm³/mol. The first-order valence-corrected chi connectivity index (χ1v) is 2.94. The van der Waals surface area contributed by atoms with E-state index in [1.54, 1.807) is 13.0 Å². The summed E-state index contributed by atoms with van der Waals surface area (Å²) in [5.74, 6) is -0.0613. The Bertz CT molecular complexity index is 244. The van der Waals surface area contributed by atoms with E-state index in [-0.39, 0.29) is 5.78 Å². The number of hydrogen-bond acceptors (Lipinski definition) is 2. The van der Waals surface area contributed by atoms with Gasteiger partial charge in [-0.05, 0) is 18.6 Å². The topological polar surface area (TPSA) is 30.2 Å². The van der Waals surface area contributed by atoms with Crippen LogP contribution in [0.3, 0.4) is 0 Å². The van der Waals surface area contributed by atoms with Gasteiger partial charge < -0.3 is 4.42 Å². The van der Waals surface area contributed by atoms with Crippen LogP contribution >= 0.6 is 0 Å². The van der Waals surface area contributed by atoms with Crippen molar-refractivity contribution in [1.82, 2.24) is 0 Å². The molecule has 1 rings (SSSR count). The van der Waals surface area contributed by atoms with Crippen molar-refractivity contribution in [2.45, 2.75) is 6.92 Å². The van der Waals surface area contributed by atoms with Gasteiger partial charge in [0.25, 0.3) is 0 Å². The number of Topliss-reactive ketones (excluding diaryl/α,β-unsaturated/α-hetero) is 1. The molecular formula is C8H8O2. The van der Waals surface area contributed by atoms with E-state index in [1.807, 2.05) is 0 Å².